The van der Waals surface area contributed by atoms with Crippen LogP contribution >= 0.6 is 47.8 Å². The van der Waals surface area contributed by atoms with Gasteiger partial charge in [-0.3, -0.25) is 0 Å². The van der Waals surface area contributed by atoms with Gasteiger partial charge in [0.15, 0.2) is 11.4 Å². The third kappa shape index (κ3) is 9.29. The van der Waals surface area contributed by atoms with Gasteiger partial charge in [0.2, 0.25) is 0 Å². The van der Waals surface area contributed by atoms with Crippen LogP contribution in [-0.2, 0) is 32.7 Å². The topological polar surface area (TPSA) is 171 Å². The molecule has 0 unspecified atom stereocenters. The Labute approximate surface area is 327 Å². The van der Waals surface area contributed by atoms with Gasteiger partial charge in [0.25, 0.3) is 0 Å². The van der Waals surface area contributed by atoms with Crippen molar-refractivity contribution in [2.24, 2.45) is 0 Å². The minimum Gasteiger partial charge on any atom is -0.476 e. The number of hydrogen-bond acceptors (Lipinski definition) is 7. The van der Waals surface area contributed by atoms with Crippen LogP contribution in [0, 0.1) is 0 Å². The summed E-state index contributed by atoms with van der Waals surface area (Å²) in [7, 11) is 0. The lowest BCUT2D eigenvalue weighted by molar-refractivity contribution is 0.0675. The zero-order valence-corrected chi connectivity index (χ0v) is 32.6. The van der Waals surface area contributed by atoms with Crippen LogP contribution in [0.5, 0.6) is 0 Å². The van der Waals surface area contributed by atoms with E-state index in [9.17, 15) is 9.59 Å². The summed E-state index contributed by atoms with van der Waals surface area (Å²) in [6, 6.07) is 24.4. The summed E-state index contributed by atoms with van der Waals surface area (Å²) in [5.41, 5.74) is 3.43. The summed E-state index contributed by atoms with van der Waals surface area (Å²) in [5, 5.41) is 45.4. The van der Waals surface area contributed by atoms with Gasteiger partial charge in [-0.1, -0.05) is 71.2 Å². The Balaban J connectivity index is 0.000000139. The van der Waals surface area contributed by atoms with Crippen molar-refractivity contribution in [3.63, 3.8) is 0 Å². The van der Waals surface area contributed by atoms with Crippen LogP contribution in [0.15, 0.2) is 117 Å². The molecule has 0 saturated carbocycles. The molecule has 0 fully saturated rings. The number of fused-ring (bicyclic) bond motifs is 3. The maximum absolute atomic E-state index is 11.0. The summed E-state index contributed by atoms with van der Waals surface area (Å²) in [6.07, 6.45) is 8.49. The molecule has 14 nitrogen and oxygen atoms in total. The van der Waals surface area contributed by atoms with Gasteiger partial charge >= 0.3 is 11.9 Å². The number of aromatic nitrogens is 9. The Morgan fingerprint density at radius 1 is 0.604 bits per heavy atom. The van der Waals surface area contributed by atoms with Crippen LogP contribution in [-0.4, -0.2) is 77.6 Å². The molecule has 5 aromatic heterocycles. The number of nitrogens with zero attached hydrogens (tertiary/aromatic N) is 9. The average molecular weight is 910 g/mol. The summed E-state index contributed by atoms with van der Waals surface area (Å²) < 4.78 is 10.7. The molecule has 8 aromatic rings. The smallest absolute Gasteiger partial charge is 0.358 e. The van der Waals surface area contributed by atoms with Crippen LogP contribution in [0.2, 0.25) is 0 Å². The lowest BCUT2D eigenvalue weighted by Crippen LogP contribution is -2.14. The molecule has 0 aliphatic heterocycles. The maximum atomic E-state index is 11.0. The predicted molar refractivity (Wildman–Crippen MR) is 210 cm³/mol. The second-order valence-electron chi connectivity index (χ2n) is 11.6. The zero-order valence-electron chi connectivity index (χ0n) is 27.9. The molecule has 0 bridgehead atoms. The summed E-state index contributed by atoms with van der Waals surface area (Å²) in [6.45, 7) is 3.11. The number of aromatic carboxylic acids is 2. The molecule has 5 heterocycles. The highest BCUT2D eigenvalue weighted by molar-refractivity contribution is 9.11. The number of aliphatic hydroxyl groups is 1. The van der Waals surface area contributed by atoms with Gasteiger partial charge in [-0.2, -0.15) is 9.90 Å². The van der Waals surface area contributed by atoms with E-state index in [1.807, 2.05) is 71.7 Å². The normalized spacial score (nSPS) is 11.0. The van der Waals surface area contributed by atoms with Gasteiger partial charge in [-0.15, -0.1) is 10.2 Å². The molecule has 0 aliphatic rings. The highest BCUT2D eigenvalue weighted by Crippen LogP contribution is 2.23. The SMILES string of the molecule is O=C(O)c1cnn(CCn2ccc3ccc(Br)cc32)n1.O=C(O)c1cnnn1CCn1ccc2ccc(Br)cc21.OCCn1ccc2ccc(Br)cc21. The number of aryl methyl sites for hydroxylation is 4. The Kier molecular flexibility index (Phi) is 12.2. The maximum Gasteiger partial charge on any atom is 0.358 e. The first kappa shape index (κ1) is 37.7. The molecule has 0 radical (unpaired) electrons. The molecule has 272 valence electrons. The number of carboxylic acids is 2. The molecule has 3 N–H and O–H groups in total. The fraction of sp³-hybridized carbons (Fsp3) is 0.167. The van der Waals surface area contributed by atoms with Crippen LogP contribution in [0.3, 0.4) is 0 Å². The first-order chi connectivity index (χ1) is 25.6. The average Bonchev–Trinajstić information content (AvgIpc) is 3.98. The third-order valence-corrected chi connectivity index (χ3v) is 9.71. The number of hydrogen-bond donors (Lipinski definition) is 3. The highest BCUT2D eigenvalue weighted by atomic mass is 79.9. The van der Waals surface area contributed by atoms with Crippen molar-refractivity contribution in [2.45, 2.75) is 32.7 Å². The largest absolute Gasteiger partial charge is 0.476 e. The molecule has 8 rings (SSSR count). The molecule has 0 aliphatic carbocycles. The first-order valence-corrected chi connectivity index (χ1v) is 18.6. The van der Waals surface area contributed by atoms with Crippen LogP contribution < -0.4 is 0 Å². The van der Waals surface area contributed by atoms with Crippen LogP contribution in [0.25, 0.3) is 32.7 Å². The molecule has 53 heavy (non-hydrogen) atoms. The number of carboxylic acid groups (broad SMARTS) is 2. The van der Waals surface area contributed by atoms with Crippen molar-refractivity contribution < 1.29 is 24.9 Å². The van der Waals surface area contributed by atoms with Crippen molar-refractivity contribution in [3.05, 3.63) is 129 Å². The van der Waals surface area contributed by atoms with Gasteiger partial charge in [0.1, 0.15) is 0 Å². The number of rotatable bonds is 10. The standard InChI is InChI=1S/2C13H11BrN4O2.C10H10BrNO/c14-10-2-1-9-3-4-17(12(9)7-10)5-6-18-15-8-11(16-18)13(19)20;14-10-2-1-9-3-4-17(11(9)7-10)5-6-18-12(13(19)20)8-15-16-18;11-9-2-1-8-3-4-12(5-6-13)10(8)7-9/h2*1-4,7-8H,5-6H2,(H,19,20);1-4,7,13H,5-6H2. The van der Waals surface area contributed by atoms with Gasteiger partial charge in [0.05, 0.1) is 32.1 Å². The molecule has 17 heteroatoms. The highest BCUT2D eigenvalue weighted by Gasteiger charge is 2.12. The number of carbonyl (C=O) groups is 2. The summed E-state index contributed by atoms with van der Waals surface area (Å²) in [4.78, 5) is 23.1. The second kappa shape index (κ2) is 17.2. The Morgan fingerprint density at radius 3 is 1.55 bits per heavy atom. The zero-order chi connectivity index (χ0) is 37.5. The molecule has 0 atom stereocenters. The fourth-order valence-corrected chi connectivity index (χ4v) is 6.70. The van der Waals surface area contributed by atoms with E-state index in [1.165, 1.54) is 27.3 Å². The monoisotopic (exact) mass is 907 g/mol. The van der Waals surface area contributed by atoms with Crippen LogP contribution in [0.1, 0.15) is 21.0 Å². The number of halogens is 3. The Morgan fingerprint density at radius 2 is 1.09 bits per heavy atom. The molecule has 0 amide bonds. The Hall–Kier alpha value is -5.10. The number of aliphatic hydroxyl groups excluding tert-OH is 1. The van der Waals surface area contributed by atoms with Gasteiger partial charge in [-0.05, 0) is 70.8 Å². The van der Waals surface area contributed by atoms with Crippen LogP contribution in [0.4, 0.5) is 0 Å². The van der Waals surface area contributed by atoms with Crippen molar-refractivity contribution in [1.29, 1.82) is 0 Å². The third-order valence-electron chi connectivity index (χ3n) is 8.23. The lowest BCUT2D eigenvalue weighted by Gasteiger charge is -2.07. The van der Waals surface area contributed by atoms with Gasteiger partial charge < -0.3 is 29.0 Å². The van der Waals surface area contributed by atoms with Crippen molar-refractivity contribution in [2.75, 3.05) is 6.61 Å². The first-order valence-electron chi connectivity index (χ1n) is 16.2. The van der Waals surface area contributed by atoms with Gasteiger partial charge in [-0.25, -0.2) is 14.3 Å². The van der Waals surface area contributed by atoms with E-state index < -0.39 is 11.9 Å². The van der Waals surface area contributed by atoms with Crippen molar-refractivity contribution >= 4 is 92.4 Å². The van der Waals surface area contributed by atoms with Crippen molar-refractivity contribution in [1.82, 2.24) is 43.7 Å². The molecule has 0 saturated heterocycles. The summed E-state index contributed by atoms with van der Waals surface area (Å²) >= 11 is 10.3. The predicted octanol–water partition coefficient (Wildman–Crippen LogP) is 7.18. The van der Waals surface area contributed by atoms with E-state index in [2.05, 4.69) is 102 Å². The summed E-state index contributed by atoms with van der Waals surface area (Å²) in [5.74, 6) is -2.08. The number of benzene rings is 3. The van der Waals surface area contributed by atoms with E-state index >= 15 is 0 Å². The Bertz CT molecular complexity index is 2520. The van der Waals surface area contributed by atoms with E-state index in [0.717, 1.165) is 40.7 Å². The molecule has 3 aromatic carbocycles. The fourth-order valence-electron chi connectivity index (χ4n) is 5.66. The minimum atomic E-state index is -1.06. The minimum absolute atomic E-state index is 0.0369. The quantitative estimate of drug-likeness (QED) is 0.129. The van der Waals surface area contributed by atoms with E-state index in [4.69, 9.17) is 15.3 Å². The lowest BCUT2D eigenvalue weighted by atomic mass is 10.2. The molecule has 0 spiro atoms. The van der Waals surface area contributed by atoms with Gasteiger partial charge in [0, 0.05) is 68.2 Å². The van der Waals surface area contributed by atoms with E-state index in [1.54, 1.807) is 0 Å². The molecular weight excluding hydrogens is 878 g/mol. The van der Waals surface area contributed by atoms with E-state index in [0.29, 0.717) is 32.7 Å². The second-order valence-corrected chi connectivity index (χ2v) is 14.4. The van der Waals surface area contributed by atoms with Crippen molar-refractivity contribution in [3.8, 4) is 0 Å². The van der Waals surface area contributed by atoms with E-state index in [-0.39, 0.29) is 18.0 Å². The molecular formula is C36H32Br3N9O5.